The molecular formula is C14H17ClFNO2S. The number of amides is 1. The number of nitrogens with one attached hydrogen (secondary N) is 1. The van der Waals surface area contributed by atoms with Crippen LogP contribution < -0.4 is 5.32 Å². The van der Waals surface area contributed by atoms with Crippen LogP contribution >= 0.6 is 23.4 Å². The Morgan fingerprint density at radius 1 is 1.65 bits per heavy atom. The first-order valence-electron chi connectivity index (χ1n) is 6.54. The molecule has 1 aliphatic rings. The zero-order valence-corrected chi connectivity index (χ0v) is 12.7. The standard InChI is InChI=1S/C14H17ClFNO2S/c1-2-20-11-6-7-14(11,19)8-17-13(18)12-9(15)4-3-5-10(12)16/h3-5,11,19H,2,6-8H2,1H3,(H,17,18)/t11-,14+/m0/s1. The maximum atomic E-state index is 13.6. The average Bonchev–Trinajstić information content (AvgIpc) is 2.40. The minimum atomic E-state index is -0.895. The van der Waals surface area contributed by atoms with Gasteiger partial charge >= 0.3 is 0 Å². The van der Waals surface area contributed by atoms with Gasteiger partial charge in [0.1, 0.15) is 5.82 Å². The van der Waals surface area contributed by atoms with Crippen LogP contribution in [0.1, 0.15) is 30.1 Å². The molecule has 0 unspecified atom stereocenters. The number of benzene rings is 1. The average molecular weight is 318 g/mol. The number of halogens is 2. The first-order chi connectivity index (χ1) is 9.48. The number of aliphatic hydroxyl groups is 1. The highest BCUT2D eigenvalue weighted by atomic mass is 35.5. The Morgan fingerprint density at radius 3 is 2.95 bits per heavy atom. The van der Waals surface area contributed by atoms with Crippen LogP contribution in [-0.4, -0.2) is 34.2 Å². The first-order valence-corrected chi connectivity index (χ1v) is 7.97. The number of carbonyl (C=O) groups is 1. The van der Waals surface area contributed by atoms with Gasteiger partial charge < -0.3 is 10.4 Å². The number of hydrogen-bond donors (Lipinski definition) is 2. The topological polar surface area (TPSA) is 49.3 Å². The van der Waals surface area contributed by atoms with Gasteiger partial charge in [-0.15, -0.1) is 0 Å². The molecule has 1 saturated carbocycles. The molecule has 0 heterocycles. The highest BCUT2D eigenvalue weighted by Gasteiger charge is 2.45. The van der Waals surface area contributed by atoms with Crippen LogP contribution in [0.25, 0.3) is 0 Å². The molecular weight excluding hydrogens is 301 g/mol. The van der Waals surface area contributed by atoms with E-state index in [1.807, 2.05) is 6.92 Å². The fourth-order valence-electron chi connectivity index (χ4n) is 2.27. The van der Waals surface area contributed by atoms with Crippen LogP contribution in [0.15, 0.2) is 18.2 Å². The third-order valence-corrected chi connectivity index (χ3v) is 5.28. The lowest BCUT2D eigenvalue weighted by molar-refractivity contribution is -0.0222. The SMILES string of the molecule is CCS[C@H]1CC[C@@]1(O)CNC(=O)c1c(F)cccc1Cl. The minimum absolute atomic E-state index is 0.0718. The molecule has 0 saturated heterocycles. The van der Waals surface area contributed by atoms with Crippen molar-refractivity contribution in [3.05, 3.63) is 34.6 Å². The lowest BCUT2D eigenvalue weighted by Crippen LogP contribution is -2.57. The summed E-state index contributed by atoms with van der Waals surface area (Å²) in [6.45, 7) is 2.15. The van der Waals surface area contributed by atoms with Crippen LogP contribution in [0.4, 0.5) is 4.39 Å². The summed E-state index contributed by atoms with van der Waals surface area (Å²) in [4.78, 5) is 12.0. The fourth-order valence-corrected chi connectivity index (χ4v) is 3.72. The Bertz CT molecular complexity index is 494. The van der Waals surface area contributed by atoms with E-state index in [1.54, 1.807) is 11.8 Å². The van der Waals surface area contributed by atoms with Gasteiger partial charge in [-0.2, -0.15) is 11.8 Å². The second-order valence-electron chi connectivity index (χ2n) is 4.87. The van der Waals surface area contributed by atoms with Gasteiger partial charge in [-0.3, -0.25) is 4.79 Å². The predicted octanol–water partition coefficient (Wildman–Crippen LogP) is 2.86. The Balaban J connectivity index is 1.99. The number of rotatable bonds is 5. The highest BCUT2D eigenvalue weighted by molar-refractivity contribution is 8.00. The van der Waals surface area contributed by atoms with Crippen LogP contribution in [-0.2, 0) is 0 Å². The van der Waals surface area contributed by atoms with E-state index in [0.717, 1.165) is 12.2 Å². The Kier molecular flexibility index (Phi) is 4.94. The number of carbonyl (C=O) groups excluding carboxylic acids is 1. The molecule has 20 heavy (non-hydrogen) atoms. The fraction of sp³-hybridized carbons (Fsp3) is 0.500. The van der Waals surface area contributed by atoms with E-state index in [2.05, 4.69) is 5.32 Å². The quantitative estimate of drug-likeness (QED) is 0.878. The summed E-state index contributed by atoms with van der Waals surface area (Å²) in [6, 6.07) is 4.10. The molecule has 1 fully saturated rings. The van der Waals surface area contributed by atoms with E-state index >= 15 is 0 Å². The zero-order chi connectivity index (χ0) is 14.8. The van der Waals surface area contributed by atoms with Crippen LogP contribution in [0, 0.1) is 5.82 Å². The van der Waals surface area contributed by atoms with Crippen LogP contribution in [0.2, 0.25) is 5.02 Å². The predicted molar refractivity (Wildman–Crippen MR) is 79.8 cm³/mol. The van der Waals surface area contributed by atoms with Gasteiger partial charge in [0, 0.05) is 11.8 Å². The maximum absolute atomic E-state index is 13.6. The summed E-state index contributed by atoms with van der Waals surface area (Å²) >= 11 is 7.51. The van der Waals surface area contributed by atoms with Crippen LogP contribution in [0.5, 0.6) is 0 Å². The molecule has 0 aromatic heterocycles. The molecule has 2 N–H and O–H groups in total. The summed E-state index contributed by atoms with van der Waals surface area (Å²) < 4.78 is 13.6. The van der Waals surface area contributed by atoms with Crippen molar-refractivity contribution in [2.75, 3.05) is 12.3 Å². The van der Waals surface area contributed by atoms with Gasteiger partial charge in [-0.1, -0.05) is 24.6 Å². The van der Waals surface area contributed by atoms with Crippen molar-refractivity contribution < 1.29 is 14.3 Å². The molecule has 110 valence electrons. The molecule has 2 rings (SSSR count). The van der Waals surface area contributed by atoms with Crippen molar-refractivity contribution in [1.82, 2.24) is 5.32 Å². The molecule has 0 aliphatic heterocycles. The summed E-state index contributed by atoms with van der Waals surface area (Å²) in [7, 11) is 0. The highest BCUT2D eigenvalue weighted by Crippen LogP contribution is 2.40. The normalized spacial score (nSPS) is 25.1. The molecule has 0 radical (unpaired) electrons. The van der Waals surface area contributed by atoms with E-state index in [4.69, 9.17) is 11.6 Å². The number of hydrogen-bond acceptors (Lipinski definition) is 3. The van der Waals surface area contributed by atoms with Crippen LogP contribution in [0.3, 0.4) is 0 Å². The van der Waals surface area contributed by atoms with Gasteiger partial charge in [0.25, 0.3) is 5.91 Å². The summed E-state index contributed by atoms with van der Waals surface area (Å²) in [5, 5.41) is 13.2. The molecule has 0 spiro atoms. The van der Waals surface area contributed by atoms with Crippen molar-refractivity contribution in [1.29, 1.82) is 0 Å². The van der Waals surface area contributed by atoms with E-state index in [0.29, 0.717) is 6.42 Å². The van der Waals surface area contributed by atoms with Gasteiger partial charge in [0.05, 0.1) is 16.2 Å². The van der Waals surface area contributed by atoms with E-state index < -0.39 is 17.3 Å². The van der Waals surface area contributed by atoms with Crippen molar-refractivity contribution in [3.8, 4) is 0 Å². The summed E-state index contributed by atoms with van der Waals surface area (Å²) in [5.74, 6) is -0.330. The molecule has 0 bridgehead atoms. The number of thioether (sulfide) groups is 1. The zero-order valence-electron chi connectivity index (χ0n) is 11.2. The van der Waals surface area contributed by atoms with Crippen molar-refractivity contribution in [2.24, 2.45) is 0 Å². The van der Waals surface area contributed by atoms with Gasteiger partial charge in [0.15, 0.2) is 0 Å². The monoisotopic (exact) mass is 317 g/mol. The molecule has 2 atom stereocenters. The molecule has 1 aromatic carbocycles. The third kappa shape index (κ3) is 3.10. The Morgan fingerprint density at radius 2 is 2.40 bits per heavy atom. The largest absolute Gasteiger partial charge is 0.387 e. The molecule has 3 nitrogen and oxygen atoms in total. The summed E-state index contributed by atoms with van der Waals surface area (Å²) in [6.07, 6.45) is 1.58. The summed E-state index contributed by atoms with van der Waals surface area (Å²) in [5.41, 5.74) is -1.06. The second kappa shape index (κ2) is 6.33. The smallest absolute Gasteiger partial charge is 0.255 e. The lowest BCUT2D eigenvalue weighted by Gasteiger charge is -2.45. The molecule has 1 aliphatic carbocycles. The van der Waals surface area contributed by atoms with E-state index in [1.165, 1.54) is 18.2 Å². The maximum Gasteiger partial charge on any atom is 0.255 e. The molecule has 1 aromatic rings. The third-order valence-electron chi connectivity index (χ3n) is 3.55. The van der Waals surface area contributed by atoms with Gasteiger partial charge in [-0.05, 0) is 30.7 Å². The Hall–Kier alpha value is -0.780. The molecule has 6 heteroatoms. The van der Waals surface area contributed by atoms with Crippen molar-refractivity contribution >= 4 is 29.3 Å². The first kappa shape index (κ1) is 15.6. The lowest BCUT2D eigenvalue weighted by atomic mass is 9.79. The van der Waals surface area contributed by atoms with E-state index in [-0.39, 0.29) is 22.4 Å². The van der Waals surface area contributed by atoms with Gasteiger partial charge in [-0.25, -0.2) is 4.39 Å². The molecule has 1 amide bonds. The van der Waals surface area contributed by atoms with Crippen molar-refractivity contribution in [3.63, 3.8) is 0 Å². The van der Waals surface area contributed by atoms with Gasteiger partial charge in [0.2, 0.25) is 0 Å². The van der Waals surface area contributed by atoms with E-state index in [9.17, 15) is 14.3 Å². The van der Waals surface area contributed by atoms with Crippen molar-refractivity contribution in [2.45, 2.75) is 30.6 Å². The Labute approximate surface area is 126 Å². The minimum Gasteiger partial charge on any atom is -0.387 e. The second-order valence-corrected chi connectivity index (χ2v) is 6.75.